The lowest BCUT2D eigenvalue weighted by Gasteiger charge is -2.07. The molecule has 0 radical (unpaired) electrons. The van der Waals surface area contributed by atoms with Crippen molar-refractivity contribution in [3.05, 3.63) is 0 Å². The lowest BCUT2D eigenvalue weighted by molar-refractivity contribution is 0.541. The first kappa shape index (κ1) is 7.60. The van der Waals surface area contributed by atoms with Gasteiger partial charge in [-0.2, -0.15) is 10.2 Å². The molecule has 0 saturated heterocycles. The average molecular weight is 114 g/mol. The van der Waals surface area contributed by atoms with E-state index in [0.717, 1.165) is 6.54 Å². The molecule has 0 atom stereocenters. The van der Waals surface area contributed by atoms with Crippen LogP contribution in [0.3, 0.4) is 0 Å². The maximum atomic E-state index is 4.00. The summed E-state index contributed by atoms with van der Waals surface area (Å²) in [5, 5.41) is 7.87. The average Bonchev–Trinajstić information content (AvgIpc) is 1.59. The van der Waals surface area contributed by atoms with Crippen molar-refractivity contribution < 1.29 is 0 Å². The Morgan fingerprint density at radius 1 is 1.25 bits per heavy atom. The Bertz CT molecular complexity index is 79.0. The highest BCUT2D eigenvalue weighted by Crippen LogP contribution is 2.05. The van der Waals surface area contributed by atoms with Gasteiger partial charge >= 0.3 is 0 Å². The second-order valence-corrected chi connectivity index (χ2v) is 2.73. The van der Waals surface area contributed by atoms with Crippen LogP contribution >= 0.6 is 0 Å². The van der Waals surface area contributed by atoms with Crippen molar-refractivity contribution in [2.75, 3.05) is 6.54 Å². The SMILES string of the molecule is CC/N=N/C(C)(C)C. The van der Waals surface area contributed by atoms with Crippen molar-refractivity contribution in [3.63, 3.8) is 0 Å². The lowest BCUT2D eigenvalue weighted by Crippen LogP contribution is -2.07. The fraction of sp³-hybridized carbons (Fsp3) is 1.00. The highest BCUT2D eigenvalue weighted by atomic mass is 15.1. The minimum absolute atomic E-state index is 0.00993. The molecule has 0 aliphatic rings. The van der Waals surface area contributed by atoms with E-state index in [1.165, 1.54) is 0 Å². The molecule has 0 heterocycles. The summed E-state index contributed by atoms with van der Waals surface area (Å²) in [5.41, 5.74) is 0.00993. The molecule has 0 aliphatic heterocycles. The molecular formula is C6H14N2. The number of hydrogen-bond donors (Lipinski definition) is 0. The summed E-state index contributed by atoms with van der Waals surface area (Å²) in [6.45, 7) is 8.87. The summed E-state index contributed by atoms with van der Waals surface area (Å²) < 4.78 is 0. The zero-order valence-corrected chi connectivity index (χ0v) is 6.10. The van der Waals surface area contributed by atoms with Gasteiger partial charge in [0.15, 0.2) is 0 Å². The summed E-state index contributed by atoms with van der Waals surface area (Å²) in [4.78, 5) is 0. The molecule has 0 aromatic heterocycles. The second-order valence-electron chi connectivity index (χ2n) is 2.73. The van der Waals surface area contributed by atoms with Crippen LogP contribution in [-0.4, -0.2) is 12.1 Å². The van der Waals surface area contributed by atoms with Gasteiger partial charge in [-0.25, -0.2) is 0 Å². The molecule has 0 aromatic carbocycles. The predicted octanol–water partition coefficient (Wildman–Crippen LogP) is 2.26. The Morgan fingerprint density at radius 3 is 1.88 bits per heavy atom. The lowest BCUT2D eigenvalue weighted by atomic mass is 10.1. The molecule has 0 bridgehead atoms. The van der Waals surface area contributed by atoms with Crippen LogP contribution in [0.15, 0.2) is 10.2 Å². The standard InChI is InChI=1S/C6H14N2/c1-5-7-8-6(2,3)4/h5H2,1-4H3/b8-7+. The Morgan fingerprint density at radius 2 is 1.75 bits per heavy atom. The fourth-order valence-electron chi connectivity index (χ4n) is 0.283. The summed E-state index contributed by atoms with van der Waals surface area (Å²) in [5.74, 6) is 0. The van der Waals surface area contributed by atoms with Gasteiger partial charge in [0.05, 0.1) is 12.1 Å². The molecule has 48 valence electrons. The van der Waals surface area contributed by atoms with E-state index in [1.807, 2.05) is 27.7 Å². The van der Waals surface area contributed by atoms with Crippen molar-refractivity contribution in [2.24, 2.45) is 10.2 Å². The van der Waals surface area contributed by atoms with Crippen molar-refractivity contribution in [3.8, 4) is 0 Å². The Labute approximate surface area is 51.0 Å². The van der Waals surface area contributed by atoms with Crippen LogP contribution in [0.2, 0.25) is 0 Å². The molecule has 0 aliphatic carbocycles. The molecule has 0 unspecified atom stereocenters. The van der Waals surface area contributed by atoms with Gasteiger partial charge in [0.1, 0.15) is 0 Å². The first-order valence-corrected chi connectivity index (χ1v) is 2.95. The van der Waals surface area contributed by atoms with Gasteiger partial charge in [-0.1, -0.05) is 0 Å². The van der Waals surface area contributed by atoms with Gasteiger partial charge in [0.25, 0.3) is 0 Å². The molecule has 0 N–H and O–H groups in total. The number of nitrogens with zero attached hydrogens (tertiary/aromatic N) is 2. The summed E-state index contributed by atoms with van der Waals surface area (Å²) in [6, 6.07) is 0. The third-order valence-electron chi connectivity index (χ3n) is 0.512. The van der Waals surface area contributed by atoms with Crippen LogP contribution in [0.25, 0.3) is 0 Å². The Kier molecular flexibility index (Phi) is 2.66. The van der Waals surface area contributed by atoms with E-state index in [1.54, 1.807) is 0 Å². The predicted molar refractivity (Wildman–Crippen MR) is 35.1 cm³/mol. The van der Waals surface area contributed by atoms with Crippen LogP contribution in [0, 0.1) is 0 Å². The summed E-state index contributed by atoms with van der Waals surface area (Å²) in [7, 11) is 0. The minimum atomic E-state index is 0.00993. The van der Waals surface area contributed by atoms with E-state index in [-0.39, 0.29) is 5.54 Å². The summed E-state index contributed by atoms with van der Waals surface area (Å²) >= 11 is 0. The van der Waals surface area contributed by atoms with Crippen molar-refractivity contribution in [1.82, 2.24) is 0 Å². The van der Waals surface area contributed by atoms with Gasteiger partial charge in [-0.05, 0) is 27.7 Å². The zero-order chi connectivity index (χ0) is 6.62. The largest absolute Gasteiger partial charge is 0.194 e. The van der Waals surface area contributed by atoms with E-state index >= 15 is 0 Å². The third kappa shape index (κ3) is 5.60. The maximum absolute atomic E-state index is 4.00. The Hall–Kier alpha value is -0.400. The fourth-order valence-corrected chi connectivity index (χ4v) is 0.283. The van der Waals surface area contributed by atoms with Gasteiger partial charge < -0.3 is 0 Å². The first-order chi connectivity index (χ1) is 3.56. The van der Waals surface area contributed by atoms with E-state index in [9.17, 15) is 0 Å². The molecule has 0 aromatic rings. The van der Waals surface area contributed by atoms with Crippen molar-refractivity contribution >= 4 is 0 Å². The molecule has 0 amide bonds. The van der Waals surface area contributed by atoms with Crippen LogP contribution in [0.4, 0.5) is 0 Å². The molecule has 8 heavy (non-hydrogen) atoms. The summed E-state index contributed by atoms with van der Waals surface area (Å²) in [6.07, 6.45) is 0. The number of hydrogen-bond acceptors (Lipinski definition) is 2. The Balaban J connectivity index is 3.52. The molecule has 0 rings (SSSR count). The molecule has 2 heteroatoms. The van der Waals surface area contributed by atoms with Crippen LogP contribution in [0.5, 0.6) is 0 Å². The number of rotatable bonds is 1. The smallest absolute Gasteiger partial charge is 0.0732 e. The maximum Gasteiger partial charge on any atom is 0.0732 e. The van der Waals surface area contributed by atoms with E-state index < -0.39 is 0 Å². The normalized spacial score (nSPS) is 13.0. The van der Waals surface area contributed by atoms with Gasteiger partial charge in [-0.3, -0.25) is 0 Å². The van der Waals surface area contributed by atoms with Crippen LogP contribution in [-0.2, 0) is 0 Å². The van der Waals surface area contributed by atoms with Gasteiger partial charge in [0.2, 0.25) is 0 Å². The molecule has 2 nitrogen and oxygen atoms in total. The molecule has 0 spiro atoms. The quantitative estimate of drug-likeness (QED) is 0.467. The zero-order valence-electron chi connectivity index (χ0n) is 6.10. The highest BCUT2D eigenvalue weighted by molar-refractivity contribution is 4.66. The second kappa shape index (κ2) is 2.80. The first-order valence-electron chi connectivity index (χ1n) is 2.95. The molecule has 0 saturated carbocycles. The molecule has 0 fully saturated rings. The third-order valence-corrected chi connectivity index (χ3v) is 0.512. The van der Waals surface area contributed by atoms with E-state index in [0.29, 0.717) is 0 Å². The van der Waals surface area contributed by atoms with Gasteiger partial charge in [0, 0.05) is 0 Å². The molecular weight excluding hydrogens is 100 g/mol. The van der Waals surface area contributed by atoms with Crippen LogP contribution < -0.4 is 0 Å². The number of azo groups is 1. The van der Waals surface area contributed by atoms with Gasteiger partial charge in [-0.15, -0.1) is 0 Å². The highest BCUT2D eigenvalue weighted by Gasteiger charge is 2.04. The van der Waals surface area contributed by atoms with E-state index in [2.05, 4.69) is 10.2 Å². The minimum Gasteiger partial charge on any atom is -0.194 e. The van der Waals surface area contributed by atoms with E-state index in [4.69, 9.17) is 0 Å². The van der Waals surface area contributed by atoms with Crippen molar-refractivity contribution in [2.45, 2.75) is 33.2 Å². The topological polar surface area (TPSA) is 24.7 Å². The van der Waals surface area contributed by atoms with Crippen molar-refractivity contribution in [1.29, 1.82) is 0 Å². The monoisotopic (exact) mass is 114 g/mol. The van der Waals surface area contributed by atoms with Crippen LogP contribution in [0.1, 0.15) is 27.7 Å².